The van der Waals surface area contributed by atoms with Crippen LogP contribution in [0.15, 0.2) is 64.8 Å². The Labute approximate surface area is 188 Å². The fraction of sp³-hybridized carbons (Fsp3) is 0.346. The molecule has 1 unspecified atom stereocenters. The maximum absolute atomic E-state index is 13.5. The third-order valence-electron chi connectivity index (χ3n) is 6.21. The van der Waals surface area contributed by atoms with E-state index in [-0.39, 0.29) is 23.6 Å². The van der Waals surface area contributed by atoms with Crippen molar-refractivity contribution in [2.24, 2.45) is 10.9 Å². The predicted molar refractivity (Wildman–Crippen MR) is 123 cm³/mol. The van der Waals surface area contributed by atoms with E-state index < -0.39 is 5.92 Å². The number of aliphatic imine (C=N–C) groups is 1. The Morgan fingerprint density at radius 2 is 1.68 bits per heavy atom. The van der Waals surface area contributed by atoms with Gasteiger partial charge in [0.2, 0.25) is 0 Å². The summed E-state index contributed by atoms with van der Waals surface area (Å²) < 4.78 is 5.38. The van der Waals surface area contributed by atoms with Crippen LogP contribution in [0.25, 0.3) is 0 Å². The van der Waals surface area contributed by atoms with E-state index >= 15 is 0 Å². The van der Waals surface area contributed by atoms with Gasteiger partial charge in [0.15, 0.2) is 5.78 Å². The maximum atomic E-state index is 13.5. The van der Waals surface area contributed by atoms with Crippen LogP contribution in [0.5, 0.6) is 0 Å². The van der Waals surface area contributed by atoms with Gasteiger partial charge in [0, 0.05) is 34.3 Å². The van der Waals surface area contributed by atoms with Gasteiger partial charge in [-0.2, -0.15) is 0 Å². The molecule has 0 aromatic heterocycles. The summed E-state index contributed by atoms with van der Waals surface area (Å²) in [4.78, 5) is 31.1. The number of nitrogens with zero attached hydrogens (tertiary/aromatic N) is 1. The number of hydrogen-bond donors (Lipinski definition) is 0. The second-order valence-electron chi connectivity index (χ2n) is 8.31. The first kappa shape index (κ1) is 21.5. The zero-order valence-corrected chi connectivity index (χ0v) is 18.8. The highest BCUT2D eigenvalue weighted by Gasteiger charge is 2.44. The van der Waals surface area contributed by atoms with Crippen LogP contribution in [-0.4, -0.2) is 24.1 Å². The molecule has 1 aliphatic heterocycles. The number of benzene rings is 2. The first-order valence-corrected chi connectivity index (χ1v) is 11.1. The average molecular weight is 436 g/mol. The van der Waals surface area contributed by atoms with Gasteiger partial charge in [0.05, 0.1) is 6.61 Å². The zero-order valence-electron chi connectivity index (χ0n) is 18.0. The number of rotatable bonds is 4. The number of carbonyl (C=O) groups is 2. The first-order chi connectivity index (χ1) is 14.9. The molecule has 2 aliphatic rings. The number of hydrogen-bond acceptors (Lipinski definition) is 4. The highest BCUT2D eigenvalue weighted by atomic mass is 35.5. The average Bonchev–Trinajstić information content (AvgIpc) is 2.74. The SMILES string of the molecule is CCOC(=O)C1C(C)=NC2=C(C(=O)C[C@@H](c3ccc(Cl)cc3)C2)[C@H]1c1ccc(C)cc1. The van der Waals surface area contributed by atoms with Crippen molar-refractivity contribution in [1.29, 1.82) is 0 Å². The van der Waals surface area contributed by atoms with Crippen molar-refractivity contribution < 1.29 is 14.3 Å². The van der Waals surface area contributed by atoms with E-state index in [2.05, 4.69) is 0 Å². The molecule has 0 saturated carbocycles. The monoisotopic (exact) mass is 435 g/mol. The molecule has 0 spiro atoms. The van der Waals surface area contributed by atoms with E-state index in [0.29, 0.717) is 35.8 Å². The fourth-order valence-electron chi connectivity index (χ4n) is 4.70. The maximum Gasteiger partial charge on any atom is 0.315 e. The van der Waals surface area contributed by atoms with Crippen molar-refractivity contribution in [3.8, 4) is 0 Å². The molecule has 1 aliphatic carbocycles. The van der Waals surface area contributed by atoms with Crippen molar-refractivity contribution in [1.82, 2.24) is 0 Å². The van der Waals surface area contributed by atoms with Crippen LogP contribution in [0.2, 0.25) is 5.02 Å². The Kier molecular flexibility index (Phi) is 6.10. The van der Waals surface area contributed by atoms with Gasteiger partial charge in [-0.15, -0.1) is 0 Å². The smallest absolute Gasteiger partial charge is 0.315 e. The van der Waals surface area contributed by atoms with Crippen molar-refractivity contribution in [2.75, 3.05) is 6.61 Å². The molecule has 2 aromatic rings. The fourth-order valence-corrected chi connectivity index (χ4v) is 4.83. The van der Waals surface area contributed by atoms with Gasteiger partial charge >= 0.3 is 5.97 Å². The van der Waals surface area contributed by atoms with Crippen molar-refractivity contribution in [3.63, 3.8) is 0 Å². The highest BCUT2D eigenvalue weighted by molar-refractivity contribution is 6.30. The summed E-state index contributed by atoms with van der Waals surface area (Å²) in [6, 6.07) is 15.7. The first-order valence-electron chi connectivity index (χ1n) is 10.7. The van der Waals surface area contributed by atoms with Crippen LogP contribution in [0.1, 0.15) is 55.2 Å². The number of allylic oxidation sites excluding steroid dienone is 2. The minimum atomic E-state index is -0.586. The lowest BCUT2D eigenvalue weighted by atomic mass is 9.69. The van der Waals surface area contributed by atoms with Gasteiger partial charge in [-0.05, 0) is 56.4 Å². The van der Waals surface area contributed by atoms with Gasteiger partial charge in [-0.25, -0.2) is 0 Å². The summed E-state index contributed by atoms with van der Waals surface area (Å²) in [6.45, 7) is 5.97. The Balaban J connectivity index is 1.78. The number of carbonyl (C=O) groups excluding carboxylic acids is 2. The van der Waals surface area contributed by atoms with Crippen molar-refractivity contribution in [3.05, 3.63) is 81.5 Å². The molecular formula is C26H26ClNO3. The Morgan fingerprint density at radius 1 is 1.03 bits per heavy atom. The van der Waals surface area contributed by atoms with Crippen LogP contribution in [0.3, 0.4) is 0 Å². The minimum absolute atomic E-state index is 0.0531. The molecule has 5 heteroatoms. The molecule has 0 radical (unpaired) electrons. The van der Waals surface area contributed by atoms with E-state index in [4.69, 9.17) is 21.3 Å². The molecule has 0 fully saturated rings. The predicted octanol–water partition coefficient (Wildman–Crippen LogP) is 5.79. The lowest BCUT2D eigenvalue weighted by Gasteiger charge is -2.36. The minimum Gasteiger partial charge on any atom is -0.465 e. The molecule has 3 atom stereocenters. The van der Waals surface area contributed by atoms with Crippen LogP contribution in [0.4, 0.5) is 0 Å². The number of halogens is 1. The Hall–Kier alpha value is -2.72. The Bertz CT molecular complexity index is 1070. The normalized spacial score (nSPS) is 23.3. The molecular weight excluding hydrogens is 410 g/mol. The standard InChI is InChI=1S/C26H26ClNO3/c1-4-31-26(30)23-16(3)28-21-13-19(17-9-11-20(27)12-10-17)14-22(29)25(21)24(23)18-7-5-15(2)6-8-18/h5-12,19,23-24H,4,13-14H2,1-3H3/t19-,23?,24-/m0/s1. The van der Waals surface area contributed by atoms with E-state index in [0.717, 1.165) is 22.4 Å². The highest BCUT2D eigenvalue weighted by Crippen LogP contribution is 2.46. The summed E-state index contributed by atoms with van der Waals surface area (Å²) in [6.07, 6.45) is 1.06. The van der Waals surface area contributed by atoms with Gasteiger partial charge < -0.3 is 4.74 Å². The molecule has 0 saturated heterocycles. The third-order valence-corrected chi connectivity index (χ3v) is 6.46. The lowest BCUT2D eigenvalue weighted by Crippen LogP contribution is -2.38. The number of ketones is 1. The van der Waals surface area contributed by atoms with E-state index in [1.807, 2.05) is 62.4 Å². The summed E-state index contributed by atoms with van der Waals surface area (Å²) in [5.41, 5.74) is 5.31. The molecule has 0 bridgehead atoms. The van der Waals surface area contributed by atoms with Gasteiger partial charge in [-0.1, -0.05) is 53.6 Å². The molecule has 4 nitrogen and oxygen atoms in total. The zero-order chi connectivity index (χ0) is 22.1. The summed E-state index contributed by atoms with van der Waals surface area (Å²) >= 11 is 6.04. The van der Waals surface area contributed by atoms with Crippen molar-refractivity contribution in [2.45, 2.75) is 45.4 Å². The summed E-state index contributed by atoms with van der Waals surface area (Å²) in [5.74, 6) is -1.17. The molecule has 2 aromatic carbocycles. The molecule has 4 rings (SSSR count). The topological polar surface area (TPSA) is 55.7 Å². The van der Waals surface area contributed by atoms with E-state index in [1.54, 1.807) is 6.92 Å². The second-order valence-corrected chi connectivity index (χ2v) is 8.75. The van der Waals surface area contributed by atoms with Gasteiger partial charge in [0.25, 0.3) is 0 Å². The van der Waals surface area contributed by atoms with Crippen molar-refractivity contribution >= 4 is 29.1 Å². The number of Topliss-reactive ketones (excluding diaryl/α,β-unsaturated/α-hetero) is 1. The van der Waals surface area contributed by atoms with E-state index in [1.165, 1.54) is 0 Å². The second kappa shape index (κ2) is 8.80. The molecule has 160 valence electrons. The number of ether oxygens (including phenoxy) is 1. The Morgan fingerprint density at radius 3 is 2.32 bits per heavy atom. The lowest BCUT2D eigenvalue weighted by molar-refractivity contribution is -0.146. The molecule has 0 N–H and O–H groups in total. The largest absolute Gasteiger partial charge is 0.465 e. The van der Waals surface area contributed by atoms with Crippen LogP contribution in [-0.2, 0) is 14.3 Å². The third kappa shape index (κ3) is 4.22. The van der Waals surface area contributed by atoms with Crippen LogP contribution < -0.4 is 0 Å². The molecule has 0 amide bonds. The van der Waals surface area contributed by atoms with E-state index in [9.17, 15) is 9.59 Å². The summed E-state index contributed by atoms with van der Waals surface area (Å²) in [7, 11) is 0. The molecule has 31 heavy (non-hydrogen) atoms. The van der Waals surface area contributed by atoms with Crippen LogP contribution in [0, 0.1) is 12.8 Å². The van der Waals surface area contributed by atoms with Gasteiger partial charge in [-0.3, -0.25) is 14.6 Å². The quantitative estimate of drug-likeness (QED) is 0.571. The van der Waals surface area contributed by atoms with Gasteiger partial charge in [0.1, 0.15) is 5.92 Å². The molecule has 1 heterocycles. The summed E-state index contributed by atoms with van der Waals surface area (Å²) in [5, 5.41) is 0.675. The number of aryl methyl sites for hydroxylation is 1. The van der Waals surface area contributed by atoms with Crippen LogP contribution >= 0.6 is 11.6 Å². The number of esters is 1.